The number of nitrogens with one attached hydrogen (secondary N) is 1. The van der Waals surface area contributed by atoms with Crippen LogP contribution in [0, 0.1) is 17.0 Å². The molecule has 0 saturated heterocycles. The largest absolute Gasteiger partial charge is 0.450 e. The number of para-hydroxylation sites is 1. The van der Waals surface area contributed by atoms with Gasteiger partial charge in [0, 0.05) is 12.1 Å². The number of aryl methyl sites for hydroxylation is 1. The highest BCUT2D eigenvalue weighted by atomic mass is 16.6. The van der Waals surface area contributed by atoms with Gasteiger partial charge in [0.15, 0.2) is 0 Å². The van der Waals surface area contributed by atoms with Crippen molar-refractivity contribution in [3.63, 3.8) is 0 Å². The van der Waals surface area contributed by atoms with Crippen LogP contribution in [0.15, 0.2) is 42.5 Å². The van der Waals surface area contributed by atoms with Gasteiger partial charge < -0.3 is 10.1 Å². The van der Waals surface area contributed by atoms with Crippen LogP contribution in [0.3, 0.4) is 0 Å². The number of nitro groups is 1. The molecule has 1 unspecified atom stereocenters. The fourth-order valence-corrected chi connectivity index (χ4v) is 2.05. The topological polar surface area (TPSA) is 64.4 Å². The van der Waals surface area contributed by atoms with E-state index >= 15 is 0 Å². The van der Waals surface area contributed by atoms with Crippen molar-refractivity contribution in [2.24, 2.45) is 0 Å². The average Bonchev–Trinajstić information content (AvgIpc) is 2.48. The number of benzene rings is 2. The summed E-state index contributed by atoms with van der Waals surface area (Å²) in [5.41, 5.74) is 1.77. The Morgan fingerprint density at radius 3 is 2.62 bits per heavy atom. The van der Waals surface area contributed by atoms with E-state index in [0.29, 0.717) is 5.75 Å². The van der Waals surface area contributed by atoms with E-state index < -0.39 is 4.92 Å². The normalized spacial score (nSPS) is 12.0. The molecule has 0 aliphatic heterocycles. The van der Waals surface area contributed by atoms with Crippen molar-refractivity contribution in [2.45, 2.75) is 19.9 Å². The second-order valence-electron chi connectivity index (χ2n) is 4.87. The quantitative estimate of drug-likeness (QED) is 0.667. The Hall–Kier alpha value is -2.40. The number of nitro benzene ring substituents is 1. The summed E-state index contributed by atoms with van der Waals surface area (Å²) in [6, 6.07) is 12.6. The predicted octanol–water partition coefficient (Wildman–Crippen LogP) is 3.98. The van der Waals surface area contributed by atoms with E-state index in [-0.39, 0.29) is 17.5 Å². The molecule has 0 amide bonds. The smallest absolute Gasteiger partial charge is 0.311 e. The Bertz CT molecular complexity index is 656. The highest BCUT2D eigenvalue weighted by Crippen LogP contribution is 2.34. The summed E-state index contributed by atoms with van der Waals surface area (Å²) >= 11 is 0. The Morgan fingerprint density at radius 2 is 1.95 bits per heavy atom. The van der Waals surface area contributed by atoms with Crippen molar-refractivity contribution >= 4 is 5.69 Å². The summed E-state index contributed by atoms with van der Waals surface area (Å²) < 4.78 is 5.77. The van der Waals surface area contributed by atoms with E-state index in [2.05, 4.69) is 5.32 Å². The Labute approximate surface area is 123 Å². The van der Waals surface area contributed by atoms with Crippen LogP contribution in [-0.4, -0.2) is 12.0 Å². The van der Waals surface area contributed by atoms with Crippen LogP contribution in [-0.2, 0) is 0 Å². The first kappa shape index (κ1) is 15.0. The summed E-state index contributed by atoms with van der Waals surface area (Å²) in [5, 5.41) is 14.3. The second-order valence-corrected chi connectivity index (χ2v) is 4.87. The van der Waals surface area contributed by atoms with E-state index in [1.54, 1.807) is 25.1 Å². The number of rotatable bonds is 5. The summed E-state index contributed by atoms with van der Waals surface area (Å²) in [4.78, 5) is 10.7. The molecule has 0 fully saturated rings. The maximum atomic E-state index is 11.1. The highest BCUT2D eigenvalue weighted by molar-refractivity contribution is 5.53. The van der Waals surface area contributed by atoms with Gasteiger partial charge >= 0.3 is 5.69 Å². The molecular weight excluding hydrogens is 268 g/mol. The van der Waals surface area contributed by atoms with E-state index in [1.807, 2.05) is 32.2 Å². The summed E-state index contributed by atoms with van der Waals surface area (Å²) in [5.74, 6) is 0.878. The fourth-order valence-electron chi connectivity index (χ4n) is 2.05. The van der Waals surface area contributed by atoms with Crippen molar-refractivity contribution in [1.82, 2.24) is 5.32 Å². The molecule has 2 rings (SSSR count). The maximum Gasteiger partial charge on any atom is 0.311 e. The third-order valence-electron chi connectivity index (χ3n) is 3.40. The van der Waals surface area contributed by atoms with Crippen LogP contribution >= 0.6 is 0 Å². The first-order valence-electron chi connectivity index (χ1n) is 6.72. The van der Waals surface area contributed by atoms with Gasteiger partial charge in [0.2, 0.25) is 5.75 Å². The van der Waals surface area contributed by atoms with Gasteiger partial charge in [0.1, 0.15) is 5.75 Å². The lowest BCUT2D eigenvalue weighted by Crippen LogP contribution is -2.12. The molecule has 2 aromatic rings. The minimum Gasteiger partial charge on any atom is -0.450 e. The lowest BCUT2D eigenvalue weighted by Gasteiger charge is -2.13. The first-order valence-corrected chi connectivity index (χ1v) is 6.72. The maximum absolute atomic E-state index is 11.1. The minimum atomic E-state index is -0.428. The zero-order valence-corrected chi connectivity index (χ0v) is 12.3. The van der Waals surface area contributed by atoms with Gasteiger partial charge in [-0.3, -0.25) is 10.1 Å². The van der Waals surface area contributed by atoms with Crippen molar-refractivity contribution in [2.75, 3.05) is 7.05 Å². The Kier molecular flexibility index (Phi) is 4.55. The van der Waals surface area contributed by atoms with E-state index in [0.717, 1.165) is 11.1 Å². The van der Waals surface area contributed by atoms with Crippen LogP contribution < -0.4 is 10.1 Å². The average molecular weight is 286 g/mol. The second kappa shape index (κ2) is 6.37. The predicted molar refractivity (Wildman–Crippen MR) is 81.8 cm³/mol. The fraction of sp³-hybridized carbons (Fsp3) is 0.250. The molecule has 0 heterocycles. The van der Waals surface area contributed by atoms with Gasteiger partial charge in [-0.1, -0.05) is 24.3 Å². The molecule has 21 heavy (non-hydrogen) atoms. The SMILES string of the molecule is CNC(C)c1cccc(Oc2c(C)cccc2[N+](=O)[O-])c1. The van der Waals surface area contributed by atoms with Gasteiger partial charge in [0.05, 0.1) is 4.92 Å². The van der Waals surface area contributed by atoms with Gasteiger partial charge in [0.25, 0.3) is 0 Å². The number of hydrogen-bond acceptors (Lipinski definition) is 4. The summed E-state index contributed by atoms with van der Waals surface area (Å²) in [7, 11) is 1.88. The third kappa shape index (κ3) is 3.38. The molecule has 5 heteroatoms. The molecule has 0 bridgehead atoms. The molecule has 0 radical (unpaired) electrons. The first-order chi connectivity index (χ1) is 10.0. The standard InChI is InChI=1S/C16H18N2O3/c1-11-6-4-9-15(18(19)20)16(11)21-14-8-5-7-13(10-14)12(2)17-3/h4-10,12,17H,1-3H3. The van der Waals surface area contributed by atoms with E-state index in [4.69, 9.17) is 4.74 Å². The van der Waals surface area contributed by atoms with Crippen molar-refractivity contribution < 1.29 is 9.66 Å². The number of hydrogen-bond donors (Lipinski definition) is 1. The van der Waals surface area contributed by atoms with Gasteiger partial charge in [-0.15, -0.1) is 0 Å². The number of nitrogens with zero attached hydrogens (tertiary/aromatic N) is 1. The van der Waals surface area contributed by atoms with Gasteiger partial charge in [-0.25, -0.2) is 0 Å². The van der Waals surface area contributed by atoms with Crippen molar-refractivity contribution in [3.8, 4) is 11.5 Å². The van der Waals surface area contributed by atoms with Crippen molar-refractivity contribution in [1.29, 1.82) is 0 Å². The van der Waals surface area contributed by atoms with Crippen LogP contribution in [0.2, 0.25) is 0 Å². The molecule has 1 atom stereocenters. The van der Waals surface area contributed by atoms with Crippen LogP contribution in [0.25, 0.3) is 0 Å². The molecule has 0 aromatic heterocycles. The van der Waals surface area contributed by atoms with Crippen LogP contribution in [0.1, 0.15) is 24.1 Å². The van der Waals surface area contributed by atoms with Crippen molar-refractivity contribution in [3.05, 3.63) is 63.7 Å². The molecule has 0 saturated carbocycles. The Morgan fingerprint density at radius 1 is 1.24 bits per heavy atom. The molecule has 5 nitrogen and oxygen atoms in total. The molecule has 1 N–H and O–H groups in total. The summed E-state index contributed by atoms with van der Waals surface area (Å²) in [6.45, 7) is 3.83. The molecular formula is C16H18N2O3. The monoisotopic (exact) mass is 286 g/mol. The number of ether oxygens (including phenoxy) is 1. The summed E-state index contributed by atoms with van der Waals surface area (Å²) in [6.07, 6.45) is 0. The lowest BCUT2D eigenvalue weighted by atomic mass is 10.1. The lowest BCUT2D eigenvalue weighted by molar-refractivity contribution is -0.385. The van der Waals surface area contributed by atoms with E-state index in [9.17, 15) is 10.1 Å². The Balaban J connectivity index is 2.37. The molecule has 0 spiro atoms. The third-order valence-corrected chi connectivity index (χ3v) is 3.40. The molecule has 0 aliphatic rings. The molecule has 2 aromatic carbocycles. The molecule has 0 aliphatic carbocycles. The van der Waals surface area contributed by atoms with Crippen LogP contribution in [0.4, 0.5) is 5.69 Å². The molecule has 110 valence electrons. The minimum absolute atomic E-state index is 0.0259. The van der Waals surface area contributed by atoms with Gasteiger partial charge in [-0.2, -0.15) is 0 Å². The van der Waals surface area contributed by atoms with Gasteiger partial charge in [-0.05, 0) is 44.2 Å². The zero-order chi connectivity index (χ0) is 15.4. The van der Waals surface area contributed by atoms with E-state index in [1.165, 1.54) is 6.07 Å². The zero-order valence-electron chi connectivity index (χ0n) is 12.3. The highest BCUT2D eigenvalue weighted by Gasteiger charge is 2.18. The van der Waals surface area contributed by atoms with Crippen LogP contribution in [0.5, 0.6) is 11.5 Å².